The van der Waals surface area contributed by atoms with E-state index in [1.54, 1.807) is 0 Å². The molecular formula is C18H28N2O. The number of aryl methyl sites for hydroxylation is 1. The highest BCUT2D eigenvalue weighted by Gasteiger charge is 2.28. The maximum absolute atomic E-state index is 12.4. The molecule has 3 nitrogen and oxygen atoms in total. The Balaban J connectivity index is 2.06. The maximum atomic E-state index is 12.4. The highest BCUT2D eigenvalue weighted by Crippen LogP contribution is 2.26. The van der Waals surface area contributed by atoms with Gasteiger partial charge < -0.3 is 10.2 Å². The van der Waals surface area contributed by atoms with Crippen LogP contribution < -0.4 is 5.32 Å². The van der Waals surface area contributed by atoms with Crippen LogP contribution in [0.2, 0.25) is 0 Å². The van der Waals surface area contributed by atoms with E-state index in [-0.39, 0.29) is 11.4 Å². The third-order valence-electron chi connectivity index (χ3n) is 4.82. The van der Waals surface area contributed by atoms with Crippen LogP contribution >= 0.6 is 0 Å². The fourth-order valence-electron chi connectivity index (χ4n) is 3.35. The molecule has 1 saturated heterocycles. The standard InChI is InChI=1S/C18H28N2O/c1-13-8-6-10-16(14(13)2)18(3,4)19-17(21)12-15-9-7-11-20(15)5/h6,8,10,15H,7,9,11-12H2,1-5H3,(H,19,21). The number of benzene rings is 1. The molecular weight excluding hydrogens is 260 g/mol. The van der Waals surface area contributed by atoms with Crippen molar-refractivity contribution in [2.75, 3.05) is 13.6 Å². The first-order valence-corrected chi connectivity index (χ1v) is 7.89. The third-order valence-corrected chi connectivity index (χ3v) is 4.82. The second kappa shape index (κ2) is 6.18. The van der Waals surface area contributed by atoms with Gasteiger partial charge in [-0.15, -0.1) is 0 Å². The van der Waals surface area contributed by atoms with Crippen molar-refractivity contribution in [3.05, 3.63) is 34.9 Å². The lowest BCUT2D eigenvalue weighted by molar-refractivity contribution is -0.123. The maximum Gasteiger partial charge on any atom is 0.222 e. The summed E-state index contributed by atoms with van der Waals surface area (Å²) in [6.45, 7) is 9.53. The molecule has 1 fully saturated rings. The van der Waals surface area contributed by atoms with Gasteiger partial charge in [0.1, 0.15) is 0 Å². The van der Waals surface area contributed by atoms with Crippen LogP contribution in [-0.4, -0.2) is 30.4 Å². The molecule has 0 aromatic heterocycles. The lowest BCUT2D eigenvalue weighted by Gasteiger charge is -2.30. The summed E-state index contributed by atoms with van der Waals surface area (Å²) in [6, 6.07) is 6.70. The highest BCUT2D eigenvalue weighted by molar-refractivity contribution is 5.77. The number of carbonyl (C=O) groups is 1. The molecule has 1 aliphatic heterocycles. The fourth-order valence-corrected chi connectivity index (χ4v) is 3.35. The Morgan fingerprint density at radius 3 is 2.71 bits per heavy atom. The Morgan fingerprint density at radius 1 is 1.38 bits per heavy atom. The van der Waals surface area contributed by atoms with Crippen LogP contribution in [0.4, 0.5) is 0 Å². The van der Waals surface area contributed by atoms with Crippen LogP contribution in [0.15, 0.2) is 18.2 Å². The van der Waals surface area contributed by atoms with Crippen LogP contribution in [0.3, 0.4) is 0 Å². The summed E-state index contributed by atoms with van der Waals surface area (Å²) < 4.78 is 0. The first-order valence-electron chi connectivity index (χ1n) is 7.89. The molecule has 1 aromatic rings. The van der Waals surface area contributed by atoms with Gasteiger partial charge in [-0.1, -0.05) is 18.2 Å². The van der Waals surface area contributed by atoms with E-state index < -0.39 is 0 Å². The van der Waals surface area contributed by atoms with Crippen LogP contribution in [-0.2, 0) is 10.3 Å². The molecule has 1 unspecified atom stereocenters. The molecule has 116 valence electrons. The minimum atomic E-state index is -0.329. The van der Waals surface area contributed by atoms with Gasteiger partial charge in [-0.3, -0.25) is 4.79 Å². The summed E-state index contributed by atoms with van der Waals surface area (Å²) >= 11 is 0. The molecule has 0 aliphatic carbocycles. The minimum Gasteiger partial charge on any atom is -0.347 e. The van der Waals surface area contributed by atoms with E-state index in [9.17, 15) is 4.79 Å². The average molecular weight is 288 g/mol. The van der Waals surface area contributed by atoms with Gasteiger partial charge in [0.2, 0.25) is 5.91 Å². The number of amides is 1. The quantitative estimate of drug-likeness (QED) is 0.923. The lowest BCUT2D eigenvalue weighted by Crippen LogP contribution is -2.43. The summed E-state index contributed by atoms with van der Waals surface area (Å²) in [5.41, 5.74) is 3.41. The number of nitrogens with one attached hydrogen (secondary N) is 1. The van der Waals surface area contributed by atoms with E-state index in [0.29, 0.717) is 12.5 Å². The molecule has 1 atom stereocenters. The number of likely N-dealkylation sites (tertiary alicyclic amines) is 1. The summed E-state index contributed by atoms with van der Waals surface area (Å²) in [6.07, 6.45) is 2.94. The summed E-state index contributed by atoms with van der Waals surface area (Å²) in [5, 5.41) is 3.22. The van der Waals surface area contributed by atoms with Crippen molar-refractivity contribution in [3.63, 3.8) is 0 Å². The zero-order chi connectivity index (χ0) is 15.6. The number of rotatable bonds is 4. The van der Waals surface area contributed by atoms with Gasteiger partial charge in [-0.2, -0.15) is 0 Å². The molecule has 1 N–H and O–H groups in total. The van der Waals surface area contributed by atoms with Crippen LogP contribution in [0.5, 0.6) is 0 Å². The SMILES string of the molecule is Cc1cccc(C(C)(C)NC(=O)CC2CCCN2C)c1C. The smallest absolute Gasteiger partial charge is 0.222 e. The second-order valence-electron chi connectivity index (χ2n) is 6.90. The zero-order valence-electron chi connectivity index (χ0n) is 14.0. The number of hydrogen-bond acceptors (Lipinski definition) is 2. The van der Waals surface area contributed by atoms with Gasteiger partial charge in [-0.05, 0) is 70.8 Å². The first kappa shape index (κ1) is 16.0. The molecule has 0 bridgehead atoms. The number of carbonyl (C=O) groups excluding carboxylic acids is 1. The van der Waals surface area contributed by atoms with E-state index in [2.05, 4.69) is 63.2 Å². The van der Waals surface area contributed by atoms with E-state index in [1.807, 2.05) is 0 Å². The minimum absolute atomic E-state index is 0.152. The van der Waals surface area contributed by atoms with Gasteiger partial charge in [0, 0.05) is 12.5 Å². The van der Waals surface area contributed by atoms with E-state index >= 15 is 0 Å². The molecule has 0 radical (unpaired) electrons. The van der Waals surface area contributed by atoms with Crippen molar-refractivity contribution in [2.24, 2.45) is 0 Å². The Bertz CT molecular complexity index is 522. The molecule has 0 saturated carbocycles. The third kappa shape index (κ3) is 3.65. The molecule has 1 aliphatic rings. The number of hydrogen-bond donors (Lipinski definition) is 1. The van der Waals surface area contributed by atoms with Crippen LogP contribution in [0.25, 0.3) is 0 Å². The van der Waals surface area contributed by atoms with Crippen molar-refractivity contribution in [1.29, 1.82) is 0 Å². The van der Waals surface area contributed by atoms with Gasteiger partial charge in [-0.25, -0.2) is 0 Å². The predicted octanol–water partition coefficient (Wildman–Crippen LogP) is 3.14. The lowest BCUT2D eigenvalue weighted by atomic mass is 9.88. The predicted molar refractivity (Wildman–Crippen MR) is 87.4 cm³/mol. The molecule has 1 heterocycles. The van der Waals surface area contributed by atoms with Crippen molar-refractivity contribution in [3.8, 4) is 0 Å². The Kier molecular flexibility index (Phi) is 4.72. The molecule has 0 spiro atoms. The second-order valence-corrected chi connectivity index (χ2v) is 6.90. The summed E-state index contributed by atoms with van der Waals surface area (Å²) in [4.78, 5) is 14.7. The van der Waals surface area contributed by atoms with E-state index in [4.69, 9.17) is 0 Å². The van der Waals surface area contributed by atoms with Gasteiger partial charge in [0.05, 0.1) is 5.54 Å². The average Bonchev–Trinajstić information content (AvgIpc) is 2.77. The van der Waals surface area contributed by atoms with Crippen LogP contribution in [0.1, 0.15) is 49.8 Å². The largest absolute Gasteiger partial charge is 0.347 e. The summed E-state index contributed by atoms with van der Waals surface area (Å²) in [5.74, 6) is 0.152. The number of nitrogens with zero attached hydrogens (tertiary/aromatic N) is 1. The fraction of sp³-hybridized carbons (Fsp3) is 0.611. The van der Waals surface area contributed by atoms with Crippen molar-refractivity contribution >= 4 is 5.91 Å². The van der Waals surface area contributed by atoms with Crippen molar-refractivity contribution in [1.82, 2.24) is 10.2 Å². The first-order chi connectivity index (χ1) is 9.81. The molecule has 3 heteroatoms. The van der Waals surface area contributed by atoms with Gasteiger partial charge in [0.15, 0.2) is 0 Å². The van der Waals surface area contributed by atoms with Gasteiger partial charge >= 0.3 is 0 Å². The van der Waals surface area contributed by atoms with E-state index in [1.165, 1.54) is 23.1 Å². The normalized spacial score (nSPS) is 19.8. The van der Waals surface area contributed by atoms with E-state index in [0.717, 1.165) is 13.0 Å². The van der Waals surface area contributed by atoms with Crippen molar-refractivity contribution < 1.29 is 4.79 Å². The Morgan fingerprint density at radius 2 is 2.10 bits per heavy atom. The Labute approximate surface area is 128 Å². The topological polar surface area (TPSA) is 32.3 Å². The molecule has 1 aromatic carbocycles. The monoisotopic (exact) mass is 288 g/mol. The molecule has 2 rings (SSSR count). The highest BCUT2D eigenvalue weighted by atomic mass is 16.1. The Hall–Kier alpha value is -1.35. The van der Waals surface area contributed by atoms with Crippen molar-refractivity contribution in [2.45, 2.75) is 58.5 Å². The summed E-state index contributed by atoms with van der Waals surface area (Å²) in [7, 11) is 2.11. The molecule has 21 heavy (non-hydrogen) atoms. The van der Waals surface area contributed by atoms with Gasteiger partial charge in [0.25, 0.3) is 0 Å². The molecule has 1 amide bonds. The zero-order valence-corrected chi connectivity index (χ0v) is 14.0. The van der Waals surface area contributed by atoms with Crippen LogP contribution in [0, 0.1) is 13.8 Å².